The van der Waals surface area contributed by atoms with Crippen molar-refractivity contribution in [3.05, 3.63) is 83.9 Å². The van der Waals surface area contributed by atoms with Crippen molar-refractivity contribution in [2.75, 3.05) is 13.9 Å². The van der Waals surface area contributed by atoms with Crippen molar-refractivity contribution in [2.45, 2.75) is 0 Å². The second-order valence-electron chi connectivity index (χ2n) is 7.45. The number of hydrogen-bond donors (Lipinski definition) is 0. The molecule has 0 N–H and O–H groups in total. The lowest BCUT2D eigenvalue weighted by Crippen LogP contribution is -2.00. The van der Waals surface area contributed by atoms with Crippen LogP contribution < -0.4 is 14.2 Å². The second kappa shape index (κ2) is 6.71. The van der Waals surface area contributed by atoms with Gasteiger partial charge in [0.2, 0.25) is 6.79 Å². The van der Waals surface area contributed by atoms with Gasteiger partial charge in [0, 0.05) is 16.7 Å². The van der Waals surface area contributed by atoms with Crippen LogP contribution in [0, 0.1) is 0 Å². The Kier molecular flexibility index (Phi) is 3.83. The van der Waals surface area contributed by atoms with Crippen LogP contribution in [0.25, 0.3) is 33.6 Å². The highest BCUT2D eigenvalue weighted by Crippen LogP contribution is 2.44. The van der Waals surface area contributed by atoms with Gasteiger partial charge in [0.05, 0.1) is 24.1 Å². The molecule has 1 aliphatic carbocycles. The molecule has 0 bridgehead atoms. The van der Waals surface area contributed by atoms with Crippen LogP contribution in [0.5, 0.6) is 17.2 Å². The van der Waals surface area contributed by atoms with Gasteiger partial charge in [-0.25, -0.2) is 4.98 Å². The van der Waals surface area contributed by atoms with Gasteiger partial charge >= 0.3 is 0 Å². The normalized spacial score (nSPS) is 13.1. The van der Waals surface area contributed by atoms with Crippen LogP contribution in [0.2, 0.25) is 0 Å². The van der Waals surface area contributed by atoms with Gasteiger partial charge < -0.3 is 14.2 Å². The first-order chi connectivity index (χ1) is 15.2. The van der Waals surface area contributed by atoms with Gasteiger partial charge in [-0.2, -0.15) is 0 Å². The summed E-state index contributed by atoms with van der Waals surface area (Å²) in [5.74, 6) is 2.16. The average molecular weight is 407 g/mol. The van der Waals surface area contributed by atoms with E-state index in [9.17, 15) is 4.79 Å². The summed E-state index contributed by atoms with van der Waals surface area (Å²) < 4.78 is 16.3. The second-order valence-corrected chi connectivity index (χ2v) is 7.45. The summed E-state index contributed by atoms with van der Waals surface area (Å²) in [6, 6.07) is 23.1. The maximum Gasteiger partial charge on any atom is 0.231 e. The van der Waals surface area contributed by atoms with Crippen molar-refractivity contribution < 1.29 is 19.0 Å². The molecule has 0 fully saturated rings. The summed E-state index contributed by atoms with van der Waals surface area (Å²) in [4.78, 5) is 18.2. The van der Waals surface area contributed by atoms with Crippen molar-refractivity contribution in [3.63, 3.8) is 0 Å². The number of carbonyl (C=O) groups is 1. The Morgan fingerprint density at radius 3 is 2.35 bits per heavy atom. The minimum Gasteiger partial charge on any atom is -0.497 e. The zero-order valence-electron chi connectivity index (χ0n) is 16.7. The molecule has 1 aliphatic heterocycles. The van der Waals surface area contributed by atoms with Gasteiger partial charge in [-0.15, -0.1) is 0 Å². The standard InChI is InChI=1S/C26H17NO4/c1-29-17-9-6-15(7-10-17)21-13-20(16-8-11-22-23(12-16)31-14-30-22)24-25(27-21)18-4-2-3-5-19(18)26(24)28/h2-13H,14H2,1H3. The van der Waals surface area contributed by atoms with E-state index in [1.807, 2.05) is 72.8 Å². The van der Waals surface area contributed by atoms with E-state index in [0.717, 1.165) is 33.7 Å². The van der Waals surface area contributed by atoms with Crippen LogP contribution in [0.3, 0.4) is 0 Å². The fraction of sp³-hybridized carbons (Fsp3) is 0.0769. The van der Waals surface area contributed by atoms with Crippen molar-refractivity contribution in [1.29, 1.82) is 0 Å². The molecule has 1 aromatic heterocycles. The van der Waals surface area contributed by atoms with E-state index in [2.05, 4.69) is 0 Å². The number of pyridine rings is 1. The first kappa shape index (κ1) is 17.7. The summed E-state index contributed by atoms with van der Waals surface area (Å²) in [5.41, 5.74) is 6.33. The van der Waals surface area contributed by atoms with Gasteiger partial charge in [-0.05, 0) is 53.6 Å². The Balaban J connectivity index is 1.60. The molecule has 5 nitrogen and oxygen atoms in total. The molecule has 3 aromatic carbocycles. The van der Waals surface area contributed by atoms with E-state index >= 15 is 0 Å². The zero-order chi connectivity index (χ0) is 20.9. The molecule has 4 aromatic rings. The predicted molar refractivity (Wildman–Crippen MR) is 117 cm³/mol. The van der Waals surface area contributed by atoms with Gasteiger partial charge in [0.1, 0.15) is 5.75 Å². The lowest BCUT2D eigenvalue weighted by atomic mass is 9.95. The molecule has 0 radical (unpaired) electrons. The fourth-order valence-electron chi connectivity index (χ4n) is 4.19. The molecule has 6 rings (SSSR count). The van der Waals surface area contributed by atoms with E-state index < -0.39 is 0 Å². The maximum atomic E-state index is 13.3. The smallest absolute Gasteiger partial charge is 0.231 e. The minimum absolute atomic E-state index is 0.00736. The molecule has 0 saturated carbocycles. The molecule has 2 aliphatic rings. The Bertz CT molecular complexity index is 1360. The lowest BCUT2D eigenvalue weighted by Gasteiger charge is -2.12. The van der Waals surface area contributed by atoms with E-state index in [1.54, 1.807) is 7.11 Å². The molecule has 0 amide bonds. The first-order valence-corrected chi connectivity index (χ1v) is 9.96. The van der Waals surface area contributed by atoms with Crippen molar-refractivity contribution in [2.24, 2.45) is 0 Å². The number of aromatic nitrogens is 1. The summed E-state index contributed by atoms with van der Waals surface area (Å²) in [7, 11) is 1.64. The molecular formula is C26H17NO4. The molecule has 5 heteroatoms. The van der Waals surface area contributed by atoms with Gasteiger partial charge in [-0.3, -0.25) is 4.79 Å². The van der Waals surface area contributed by atoms with Crippen molar-refractivity contribution in [3.8, 4) is 50.9 Å². The van der Waals surface area contributed by atoms with E-state index in [0.29, 0.717) is 28.3 Å². The number of rotatable bonds is 3. The number of nitrogens with zero attached hydrogens (tertiary/aromatic N) is 1. The van der Waals surface area contributed by atoms with Crippen molar-refractivity contribution in [1.82, 2.24) is 4.98 Å². The number of ketones is 1. The molecule has 0 spiro atoms. The largest absolute Gasteiger partial charge is 0.497 e. The van der Waals surface area contributed by atoms with E-state index in [1.165, 1.54) is 0 Å². The molecule has 2 heterocycles. The number of hydrogen-bond acceptors (Lipinski definition) is 5. The SMILES string of the molecule is COc1ccc(-c2cc(-c3ccc4c(c3)OCO4)c3c(n2)-c2ccccc2C3=O)cc1. The number of benzene rings is 3. The Hall–Kier alpha value is -4.12. The monoisotopic (exact) mass is 407 g/mol. The zero-order valence-corrected chi connectivity index (χ0v) is 16.7. The van der Waals surface area contributed by atoms with E-state index in [4.69, 9.17) is 19.2 Å². The molecule has 0 unspecified atom stereocenters. The highest BCUT2D eigenvalue weighted by molar-refractivity contribution is 6.24. The maximum absolute atomic E-state index is 13.3. The van der Waals surface area contributed by atoms with Gasteiger partial charge in [0.25, 0.3) is 0 Å². The van der Waals surface area contributed by atoms with Crippen LogP contribution in [0.1, 0.15) is 15.9 Å². The fourth-order valence-corrected chi connectivity index (χ4v) is 4.19. The summed E-state index contributed by atoms with van der Waals surface area (Å²) in [5, 5.41) is 0. The molecule has 0 atom stereocenters. The minimum atomic E-state index is -0.00736. The Labute approximate surface area is 178 Å². The molecule has 31 heavy (non-hydrogen) atoms. The first-order valence-electron chi connectivity index (χ1n) is 9.96. The third-order valence-corrected chi connectivity index (χ3v) is 5.74. The number of ether oxygens (including phenoxy) is 3. The third-order valence-electron chi connectivity index (χ3n) is 5.74. The molecule has 150 valence electrons. The van der Waals surface area contributed by atoms with Crippen molar-refractivity contribution >= 4 is 5.78 Å². The van der Waals surface area contributed by atoms with Crippen LogP contribution in [-0.4, -0.2) is 24.7 Å². The topological polar surface area (TPSA) is 57.6 Å². The average Bonchev–Trinajstić information content (AvgIpc) is 3.41. The highest BCUT2D eigenvalue weighted by Gasteiger charge is 2.32. The predicted octanol–water partition coefficient (Wildman–Crippen LogP) is 5.36. The molecular weight excluding hydrogens is 390 g/mol. The quantitative estimate of drug-likeness (QED) is 0.403. The van der Waals surface area contributed by atoms with Crippen LogP contribution in [0.15, 0.2) is 72.8 Å². The van der Waals surface area contributed by atoms with Crippen LogP contribution in [-0.2, 0) is 0 Å². The van der Waals surface area contributed by atoms with E-state index in [-0.39, 0.29) is 12.6 Å². The number of carbonyl (C=O) groups excluding carboxylic acids is 1. The highest BCUT2D eigenvalue weighted by atomic mass is 16.7. The van der Waals surface area contributed by atoms with Gasteiger partial charge in [0.15, 0.2) is 17.3 Å². The Morgan fingerprint density at radius 1 is 0.806 bits per heavy atom. The summed E-state index contributed by atoms with van der Waals surface area (Å²) in [6.07, 6.45) is 0. The molecule has 0 saturated heterocycles. The Morgan fingerprint density at radius 2 is 1.55 bits per heavy atom. The third kappa shape index (κ3) is 2.70. The summed E-state index contributed by atoms with van der Waals surface area (Å²) >= 11 is 0. The van der Waals surface area contributed by atoms with Gasteiger partial charge in [-0.1, -0.05) is 30.3 Å². The lowest BCUT2D eigenvalue weighted by molar-refractivity contribution is 0.104. The van der Waals surface area contributed by atoms with Crippen LogP contribution >= 0.6 is 0 Å². The summed E-state index contributed by atoms with van der Waals surface area (Å²) in [6.45, 7) is 0.203. The number of fused-ring (bicyclic) bond motifs is 4. The number of methoxy groups -OCH3 is 1. The van der Waals surface area contributed by atoms with Crippen LogP contribution in [0.4, 0.5) is 0 Å².